The number of nitriles is 1. The normalized spacial score (nSPS) is 21.2. The van der Waals surface area contributed by atoms with Crippen LogP contribution in [0.5, 0.6) is 0 Å². The second-order valence-electron chi connectivity index (χ2n) is 7.19. The highest BCUT2D eigenvalue weighted by molar-refractivity contribution is 7.92. The van der Waals surface area contributed by atoms with Crippen LogP contribution in [0.15, 0.2) is 62.9 Å². The van der Waals surface area contributed by atoms with Gasteiger partial charge in [0.1, 0.15) is 6.07 Å². The summed E-state index contributed by atoms with van der Waals surface area (Å²) in [4.78, 5) is 0.289. The topological polar surface area (TPSA) is 79.5 Å². The van der Waals surface area contributed by atoms with Gasteiger partial charge in [0, 0.05) is 10.7 Å². The smallest absolute Gasteiger partial charge is 0.192 e. The molecule has 1 heterocycles. The van der Waals surface area contributed by atoms with Gasteiger partial charge >= 0.3 is 16.3 Å². The number of alkyl halides is 3. The molecule has 0 amide bonds. The van der Waals surface area contributed by atoms with E-state index >= 15 is 0 Å². The number of rotatable bonds is 4. The maximum absolute atomic E-state index is 12.7. The van der Waals surface area contributed by atoms with Crippen molar-refractivity contribution in [3.8, 4) is 6.07 Å². The van der Waals surface area contributed by atoms with Crippen LogP contribution in [0.4, 0.5) is 13.2 Å². The fourth-order valence-electron chi connectivity index (χ4n) is 3.19. The van der Waals surface area contributed by atoms with E-state index in [1.807, 2.05) is 38.1 Å². The molecular formula is C21H19F3N2O3S2. The highest BCUT2D eigenvalue weighted by Gasteiger charge is 2.31. The summed E-state index contributed by atoms with van der Waals surface area (Å²) in [6.07, 6.45) is -3.99. The molecule has 5 nitrogen and oxygen atoms in total. The van der Waals surface area contributed by atoms with Gasteiger partial charge in [-0.2, -0.15) is 26.9 Å². The summed E-state index contributed by atoms with van der Waals surface area (Å²) in [7, 11) is -5.36. The van der Waals surface area contributed by atoms with E-state index in [0.717, 1.165) is 23.3 Å². The van der Waals surface area contributed by atoms with Gasteiger partial charge in [-0.3, -0.25) is 0 Å². The Labute approximate surface area is 181 Å². The maximum atomic E-state index is 12.7. The Hall–Kier alpha value is -2.48. The van der Waals surface area contributed by atoms with E-state index in [-0.39, 0.29) is 5.92 Å². The standard InChI is InChI=1S/C21H19F3N2O3S2/c1-14-11-20(19(12-25)18-6-4-3-5-15(18)2)30(13-14)26-29-31(27,28)17-9-7-16(8-10-17)21(22,23)24/h3-10,14H,11,13H2,1-2H3/b20-19+. The van der Waals surface area contributed by atoms with Gasteiger partial charge in [0.2, 0.25) is 0 Å². The van der Waals surface area contributed by atoms with Crippen molar-refractivity contribution in [2.24, 2.45) is 10.4 Å². The molecule has 31 heavy (non-hydrogen) atoms. The first-order valence-corrected chi connectivity index (χ1v) is 12.0. The Morgan fingerprint density at radius 1 is 1.19 bits per heavy atom. The first kappa shape index (κ1) is 23.2. The summed E-state index contributed by atoms with van der Waals surface area (Å²) in [6.45, 7) is 3.85. The van der Waals surface area contributed by atoms with Crippen LogP contribution in [0, 0.1) is 24.2 Å². The largest absolute Gasteiger partial charge is 0.416 e. The van der Waals surface area contributed by atoms with Crippen LogP contribution in [-0.2, 0) is 31.3 Å². The summed E-state index contributed by atoms with van der Waals surface area (Å²) in [5, 5.41) is 9.77. The lowest BCUT2D eigenvalue weighted by Gasteiger charge is -2.09. The van der Waals surface area contributed by atoms with Crippen LogP contribution in [0.1, 0.15) is 30.0 Å². The number of nitrogens with zero attached hydrogens (tertiary/aromatic N) is 2. The van der Waals surface area contributed by atoms with E-state index in [9.17, 15) is 26.9 Å². The van der Waals surface area contributed by atoms with Crippen molar-refractivity contribution < 1.29 is 25.9 Å². The first-order chi connectivity index (χ1) is 14.5. The molecule has 1 fully saturated rings. The van der Waals surface area contributed by atoms with E-state index in [1.165, 1.54) is 0 Å². The molecule has 0 bridgehead atoms. The molecule has 0 radical (unpaired) electrons. The van der Waals surface area contributed by atoms with E-state index in [0.29, 0.717) is 34.8 Å². The van der Waals surface area contributed by atoms with Gasteiger partial charge in [-0.1, -0.05) is 35.7 Å². The SMILES string of the molecule is Cc1ccccc1/C(C#N)=C1\CC(C)C\S1=N/OS(=O)(=O)c1ccc(C(F)(F)F)cc1. The predicted molar refractivity (Wildman–Crippen MR) is 112 cm³/mol. The number of allylic oxidation sites excluding steroid dienone is 2. The number of hydrogen-bond acceptors (Lipinski definition) is 5. The zero-order chi connectivity index (χ0) is 22.8. The average molecular weight is 469 g/mol. The van der Waals surface area contributed by atoms with Crippen LogP contribution in [0.3, 0.4) is 0 Å². The van der Waals surface area contributed by atoms with Crippen molar-refractivity contribution >= 4 is 26.4 Å². The van der Waals surface area contributed by atoms with Gasteiger partial charge in [0.05, 0.1) is 16.0 Å². The molecule has 164 valence electrons. The molecule has 1 aliphatic rings. The Morgan fingerprint density at radius 2 is 1.84 bits per heavy atom. The van der Waals surface area contributed by atoms with Gasteiger partial charge < -0.3 is 0 Å². The van der Waals surface area contributed by atoms with Gasteiger partial charge in [-0.25, -0.2) is 0 Å². The zero-order valence-corrected chi connectivity index (χ0v) is 18.3. The van der Waals surface area contributed by atoms with E-state index < -0.39 is 37.4 Å². The summed E-state index contributed by atoms with van der Waals surface area (Å²) in [5.74, 6) is 0.696. The molecule has 3 rings (SSSR count). The quantitative estimate of drug-likeness (QED) is 0.444. The molecule has 1 saturated heterocycles. The van der Waals surface area contributed by atoms with E-state index in [1.54, 1.807) is 0 Å². The van der Waals surface area contributed by atoms with Crippen molar-refractivity contribution in [1.29, 1.82) is 5.26 Å². The highest BCUT2D eigenvalue weighted by atomic mass is 32.2. The fraction of sp³-hybridized carbons (Fsp3) is 0.286. The van der Waals surface area contributed by atoms with Gasteiger partial charge in [0.15, 0.2) is 0 Å². The summed E-state index contributed by atoms with van der Waals surface area (Å²) in [5.41, 5.74) is 1.15. The fourth-order valence-corrected chi connectivity index (χ4v) is 6.24. The maximum Gasteiger partial charge on any atom is 0.416 e. The molecule has 2 unspecified atom stereocenters. The van der Waals surface area contributed by atoms with Crippen molar-refractivity contribution in [3.05, 3.63) is 70.1 Å². The molecule has 2 aromatic carbocycles. The minimum atomic E-state index is -4.57. The number of benzene rings is 2. The average Bonchev–Trinajstić information content (AvgIpc) is 3.08. The summed E-state index contributed by atoms with van der Waals surface area (Å²) in [6, 6.07) is 12.6. The predicted octanol–water partition coefficient (Wildman–Crippen LogP) is 5.41. The number of aryl methyl sites for hydroxylation is 1. The summed E-state index contributed by atoms with van der Waals surface area (Å²) >= 11 is 0. The monoisotopic (exact) mass is 468 g/mol. The molecule has 0 spiro atoms. The van der Waals surface area contributed by atoms with Gasteiger partial charge in [-0.05, 0) is 65.3 Å². The van der Waals surface area contributed by atoms with E-state index in [4.69, 9.17) is 4.28 Å². The molecule has 0 aromatic heterocycles. The van der Waals surface area contributed by atoms with Crippen molar-refractivity contribution in [2.45, 2.75) is 31.3 Å². The van der Waals surface area contributed by atoms with E-state index in [2.05, 4.69) is 10.6 Å². The van der Waals surface area contributed by atoms with Gasteiger partial charge in [0.25, 0.3) is 0 Å². The lowest BCUT2D eigenvalue weighted by atomic mass is 9.99. The van der Waals surface area contributed by atoms with Gasteiger partial charge in [-0.15, -0.1) is 4.28 Å². The van der Waals surface area contributed by atoms with Crippen LogP contribution in [-0.4, -0.2) is 14.2 Å². The van der Waals surface area contributed by atoms with Crippen LogP contribution in [0.25, 0.3) is 5.57 Å². The molecule has 2 aromatic rings. The van der Waals surface area contributed by atoms with Crippen molar-refractivity contribution in [1.82, 2.24) is 0 Å². The first-order valence-electron chi connectivity index (χ1n) is 9.25. The Balaban J connectivity index is 1.94. The summed E-state index contributed by atoms with van der Waals surface area (Å²) < 4.78 is 71.7. The molecular weight excluding hydrogens is 449 g/mol. The number of hydrogen-bond donors (Lipinski definition) is 0. The third-order valence-electron chi connectivity index (χ3n) is 4.75. The molecule has 0 N–H and O–H groups in total. The molecule has 0 saturated carbocycles. The van der Waals surface area contributed by atoms with Crippen LogP contribution in [0.2, 0.25) is 0 Å². The molecule has 2 atom stereocenters. The third kappa shape index (κ3) is 5.23. The van der Waals surface area contributed by atoms with Crippen LogP contribution >= 0.6 is 0 Å². The lowest BCUT2D eigenvalue weighted by Crippen LogP contribution is -2.07. The Bertz CT molecular complexity index is 1200. The minimum Gasteiger partial charge on any atom is -0.192 e. The molecule has 0 aliphatic carbocycles. The van der Waals surface area contributed by atoms with Crippen molar-refractivity contribution in [3.63, 3.8) is 0 Å². The lowest BCUT2D eigenvalue weighted by molar-refractivity contribution is -0.137. The second-order valence-corrected chi connectivity index (χ2v) is 10.4. The third-order valence-corrected chi connectivity index (χ3v) is 8.05. The highest BCUT2D eigenvalue weighted by Crippen LogP contribution is 2.35. The minimum absolute atomic E-state index is 0.173. The molecule has 1 aliphatic heterocycles. The Kier molecular flexibility index (Phi) is 6.69. The van der Waals surface area contributed by atoms with Crippen LogP contribution < -0.4 is 0 Å². The van der Waals surface area contributed by atoms with Crippen molar-refractivity contribution in [2.75, 3.05) is 5.75 Å². The molecule has 10 heteroatoms. The second kappa shape index (κ2) is 8.94. The Morgan fingerprint density at radius 3 is 2.42 bits per heavy atom. The number of halogens is 3. The zero-order valence-electron chi connectivity index (χ0n) is 16.7.